The molecule has 3 N–H and O–H groups in total. The maximum absolute atomic E-state index is 10.3. The third-order valence-electron chi connectivity index (χ3n) is 3.59. The largest absolute Gasteiger partial charge is 0.356 e. The summed E-state index contributed by atoms with van der Waals surface area (Å²) in [5.74, 6) is 0. The number of hydrogen-bond acceptors (Lipinski definition) is 6. The predicted molar refractivity (Wildman–Crippen MR) is 109 cm³/mol. The Balaban J connectivity index is 0.000000203. The van der Waals surface area contributed by atoms with Crippen LogP contribution in [0.5, 0.6) is 0 Å². The summed E-state index contributed by atoms with van der Waals surface area (Å²) in [7, 11) is 0. The highest BCUT2D eigenvalue weighted by Crippen LogP contribution is 2.28. The summed E-state index contributed by atoms with van der Waals surface area (Å²) in [6.07, 6.45) is 0. The molecule has 0 saturated heterocycles. The van der Waals surface area contributed by atoms with Crippen molar-refractivity contribution in [1.82, 2.24) is 0 Å². The van der Waals surface area contributed by atoms with Crippen LogP contribution < -0.4 is 11.1 Å². The number of halogens is 1. The summed E-state index contributed by atoms with van der Waals surface area (Å²) in [5.41, 5.74) is 8.04. The lowest BCUT2D eigenvalue weighted by Crippen LogP contribution is -1.96. The average Bonchev–Trinajstić information content (AvgIpc) is 2.70. The van der Waals surface area contributed by atoms with Crippen molar-refractivity contribution in [3.8, 4) is 0 Å². The van der Waals surface area contributed by atoms with Gasteiger partial charge in [-0.1, -0.05) is 41.9 Å². The Kier molecular flexibility index (Phi) is 7.44. The van der Waals surface area contributed by atoms with Crippen LogP contribution in [-0.2, 0) is 6.54 Å². The van der Waals surface area contributed by atoms with Gasteiger partial charge in [0.1, 0.15) is 5.02 Å². The molecule has 3 rings (SSSR count). The van der Waals surface area contributed by atoms with Crippen molar-refractivity contribution in [2.24, 2.45) is 5.73 Å². The Labute approximate surface area is 165 Å². The third kappa shape index (κ3) is 6.04. The molecule has 0 atom stereocenters. The lowest BCUT2D eigenvalue weighted by atomic mass is 10.2. The zero-order chi connectivity index (χ0) is 20.5. The first-order valence-corrected chi connectivity index (χ1v) is 8.48. The zero-order valence-electron chi connectivity index (χ0n) is 14.6. The molecular formula is C19H17ClN4O4. The number of nitro groups is 2. The summed E-state index contributed by atoms with van der Waals surface area (Å²) < 4.78 is 0. The number of nitro benzene ring substituents is 2. The number of hydrogen-bond donors (Lipinski definition) is 2. The van der Waals surface area contributed by atoms with Crippen LogP contribution in [0.15, 0.2) is 72.8 Å². The van der Waals surface area contributed by atoms with Crippen molar-refractivity contribution in [1.29, 1.82) is 0 Å². The molecule has 0 aliphatic heterocycles. The highest BCUT2D eigenvalue weighted by atomic mass is 35.5. The first-order valence-electron chi connectivity index (χ1n) is 8.10. The Hall–Kier alpha value is -3.49. The van der Waals surface area contributed by atoms with Crippen molar-refractivity contribution in [3.63, 3.8) is 0 Å². The van der Waals surface area contributed by atoms with Gasteiger partial charge in [0, 0.05) is 24.0 Å². The smallest absolute Gasteiger partial charge is 0.294 e. The first-order chi connectivity index (χ1) is 13.4. The fourth-order valence-corrected chi connectivity index (χ4v) is 2.35. The van der Waals surface area contributed by atoms with E-state index in [-0.39, 0.29) is 10.7 Å². The number of non-ortho nitro benzene ring substituents is 1. The average molecular weight is 401 g/mol. The van der Waals surface area contributed by atoms with Crippen molar-refractivity contribution in [3.05, 3.63) is 104 Å². The van der Waals surface area contributed by atoms with E-state index in [2.05, 4.69) is 5.32 Å². The Morgan fingerprint density at radius 1 is 0.857 bits per heavy atom. The molecule has 0 aromatic heterocycles. The molecule has 0 saturated carbocycles. The van der Waals surface area contributed by atoms with Crippen LogP contribution >= 0.6 is 11.6 Å². The number of nitrogens with two attached hydrogens (primary N) is 1. The topological polar surface area (TPSA) is 124 Å². The second-order valence-electron chi connectivity index (χ2n) is 5.54. The van der Waals surface area contributed by atoms with Crippen molar-refractivity contribution < 1.29 is 9.85 Å². The molecule has 144 valence electrons. The maximum Gasteiger partial charge on any atom is 0.294 e. The molecule has 0 radical (unpaired) electrons. The van der Waals surface area contributed by atoms with E-state index >= 15 is 0 Å². The maximum atomic E-state index is 10.3. The molecule has 0 aliphatic carbocycles. The van der Waals surface area contributed by atoms with Crippen LogP contribution in [0, 0.1) is 20.2 Å². The van der Waals surface area contributed by atoms with Crippen LogP contribution in [-0.4, -0.2) is 9.85 Å². The molecule has 0 heterocycles. The number of nitrogens with zero attached hydrogens (tertiary/aromatic N) is 2. The summed E-state index contributed by atoms with van der Waals surface area (Å²) >= 11 is 5.43. The number of para-hydroxylation sites is 1. The minimum Gasteiger partial charge on any atom is -0.356 e. The molecule has 0 spiro atoms. The highest BCUT2D eigenvalue weighted by Gasteiger charge is 2.17. The molecule has 3 aromatic rings. The molecule has 28 heavy (non-hydrogen) atoms. The van der Waals surface area contributed by atoms with Crippen LogP contribution in [0.4, 0.5) is 22.7 Å². The molecule has 0 aliphatic rings. The van der Waals surface area contributed by atoms with Gasteiger partial charge in [0.2, 0.25) is 0 Å². The first kappa shape index (κ1) is 20.8. The van der Waals surface area contributed by atoms with Crippen LogP contribution in [0.25, 0.3) is 0 Å². The quantitative estimate of drug-likeness (QED) is 0.456. The van der Waals surface area contributed by atoms with Crippen molar-refractivity contribution in [2.45, 2.75) is 6.54 Å². The number of nitrogens with one attached hydrogen (secondary N) is 1. The molecule has 8 nitrogen and oxygen atoms in total. The standard InChI is InChI=1S/C13H14N2.C6H3ClN2O4/c14-10-11-6-8-13(9-7-11)15-12-4-2-1-3-5-12;7-5-2-1-4(8(10)11)3-6(5)9(12)13/h1-9,15H,10,14H2;1-3H. The van der Waals surface area contributed by atoms with Gasteiger partial charge in [-0.2, -0.15) is 0 Å². The lowest BCUT2D eigenvalue weighted by Gasteiger charge is -2.06. The molecule has 0 unspecified atom stereocenters. The summed E-state index contributed by atoms with van der Waals surface area (Å²) in [5, 5.41) is 23.7. The van der Waals surface area contributed by atoms with Crippen molar-refractivity contribution in [2.75, 3.05) is 5.32 Å². The predicted octanol–water partition coefficient (Wildman–Crippen LogP) is 5.05. The SMILES string of the molecule is NCc1ccc(Nc2ccccc2)cc1.O=[N+]([O-])c1ccc(Cl)c([N+](=O)[O-])c1. The van der Waals surface area contributed by atoms with Gasteiger partial charge in [-0.25, -0.2) is 0 Å². The van der Waals surface area contributed by atoms with Crippen LogP contribution in [0.2, 0.25) is 5.02 Å². The van der Waals surface area contributed by atoms with Gasteiger partial charge in [-0.15, -0.1) is 0 Å². The zero-order valence-corrected chi connectivity index (χ0v) is 15.4. The van der Waals surface area contributed by atoms with E-state index in [0.717, 1.165) is 35.1 Å². The summed E-state index contributed by atoms with van der Waals surface area (Å²) in [6.45, 7) is 0.589. The van der Waals surface area contributed by atoms with Gasteiger partial charge in [0.25, 0.3) is 11.4 Å². The molecule has 0 fully saturated rings. The number of anilines is 2. The molecule has 3 aromatic carbocycles. The van der Waals surface area contributed by atoms with Gasteiger partial charge in [0.05, 0.1) is 15.9 Å². The van der Waals surface area contributed by atoms with E-state index in [1.165, 1.54) is 0 Å². The Morgan fingerprint density at radius 2 is 1.46 bits per heavy atom. The van der Waals surface area contributed by atoms with Gasteiger partial charge in [-0.05, 0) is 35.9 Å². The Bertz CT molecular complexity index is 950. The van der Waals surface area contributed by atoms with E-state index in [0.29, 0.717) is 6.54 Å². The minimum absolute atomic E-state index is 0.115. The normalized spacial score (nSPS) is 9.79. The summed E-state index contributed by atoms with van der Waals surface area (Å²) in [6, 6.07) is 21.3. The number of benzene rings is 3. The monoisotopic (exact) mass is 400 g/mol. The van der Waals surface area contributed by atoms with E-state index in [4.69, 9.17) is 17.3 Å². The Morgan fingerprint density at radius 3 is 2.00 bits per heavy atom. The van der Waals surface area contributed by atoms with Crippen molar-refractivity contribution >= 4 is 34.4 Å². The van der Waals surface area contributed by atoms with Gasteiger partial charge in [-0.3, -0.25) is 20.2 Å². The molecule has 9 heteroatoms. The van der Waals surface area contributed by atoms with E-state index < -0.39 is 15.5 Å². The minimum atomic E-state index is -0.769. The summed E-state index contributed by atoms with van der Waals surface area (Å²) in [4.78, 5) is 19.0. The second-order valence-corrected chi connectivity index (χ2v) is 5.95. The highest BCUT2D eigenvalue weighted by molar-refractivity contribution is 6.32. The fraction of sp³-hybridized carbons (Fsp3) is 0.0526. The van der Waals surface area contributed by atoms with E-state index in [9.17, 15) is 20.2 Å². The lowest BCUT2D eigenvalue weighted by molar-refractivity contribution is -0.394. The van der Waals surface area contributed by atoms with Gasteiger partial charge in [0.15, 0.2) is 0 Å². The van der Waals surface area contributed by atoms with Crippen LogP contribution in [0.1, 0.15) is 5.56 Å². The van der Waals surface area contributed by atoms with E-state index in [1.54, 1.807) is 0 Å². The van der Waals surface area contributed by atoms with Gasteiger partial charge >= 0.3 is 0 Å². The van der Waals surface area contributed by atoms with E-state index in [1.807, 2.05) is 54.6 Å². The fourth-order valence-electron chi connectivity index (χ4n) is 2.17. The third-order valence-corrected chi connectivity index (χ3v) is 3.91. The second kappa shape index (κ2) is 10.0. The molecular weight excluding hydrogens is 384 g/mol. The molecule has 0 amide bonds. The van der Waals surface area contributed by atoms with Gasteiger partial charge < -0.3 is 11.1 Å². The molecule has 0 bridgehead atoms. The number of rotatable bonds is 5. The van der Waals surface area contributed by atoms with Crippen LogP contribution in [0.3, 0.4) is 0 Å².